The Morgan fingerprint density at radius 1 is 1.18 bits per heavy atom. The van der Waals surface area contributed by atoms with E-state index in [2.05, 4.69) is 5.32 Å². The van der Waals surface area contributed by atoms with Gasteiger partial charge in [-0.15, -0.1) is 0 Å². The van der Waals surface area contributed by atoms with Crippen molar-refractivity contribution in [1.82, 2.24) is 4.90 Å². The number of amides is 2. The average Bonchev–Trinajstić information content (AvgIpc) is 2.43. The lowest BCUT2D eigenvalue weighted by molar-refractivity contribution is -0.130. The second-order valence-corrected chi connectivity index (χ2v) is 6.29. The molecule has 5 nitrogen and oxygen atoms in total. The fourth-order valence-electron chi connectivity index (χ4n) is 1.42. The Morgan fingerprint density at radius 3 is 2.27 bits per heavy atom. The molecule has 1 N–H and O–H groups in total. The first-order valence-electron chi connectivity index (χ1n) is 7.10. The Balaban J connectivity index is 2.53. The molecule has 0 bridgehead atoms. The zero-order chi connectivity index (χ0) is 16.8. The van der Waals surface area contributed by atoms with Crippen molar-refractivity contribution in [2.24, 2.45) is 5.41 Å². The zero-order valence-electron chi connectivity index (χ0n) is 13.8. The van der Waals surface area contributed by atoms with Gasteiger partial charge in [0, 0.05) is 19.8 Å². The molecule has 5 heteroatoms. The lowest BCUT2D eigenvalue weighted by Crippen LogP contribution is -2.27. The molecule has 0 unspecified atom stereocenters. The van der Waals surface area contributed by atoms with E-state index in [4.69, 9.17) is 4.74 Å². The molecule has 0 aliphatic heterocycles. The SMILES string of the molecule is CN(C)C(=O)COc1ccc(NC(=O)/C=C/C(C)(C)C)cc1. The van der Waals surface area contributed by atoms with Gasteiger partial charge >= 0.3 is 0 Å². The van der Waals surface area contributed by atoms with Crippen molar-refractivity contribution in [3.63, 3.8) is 0 Å². The molecule has 0 aromatic heterocycles. The largest absolute Gasteiger partial charge is 0.484 e. The summed E-state index contributed by atoms with van der Waals surface area (Å²) in [4.78, 5) is 24.6. The molecule has 1 aromatic rings. The monoisotopic (exact) mass is 304 g/mol. The van der Waals surface area contributed by atoms with Crippen LogP contribution in [0, 0.1) is 5.41 Å². The van der Waals surface area contributed by atoms with Crippen LogP contribution in [-0.2, 0) is 9.59 Å². The van der Waals surface area contributed by atoms with E-state index in [0.717, 1.165) is 0 Å². The number of hydrogen-bond acceptors (Lipinski definition) is 3. The first kappa shape index (κ1) is 17.8. The number of hydrogen-bond donors (Lipinski definition) is 1. The first-order valence-corrected chi connectivity index (χ1v) is 7.10. The highest BCUT2D eigenvalue weighted by Crippen LogP contribution is 2.17. The average molecular weight is 304 g/mol. The molecule has 0 spiro atoms. The number of carbonyl (C=O) groups is 2. The van der Waals surface area contributed by atoms with E-state index in [1.165, 1.54) is 11.0 Å². The van der Waals surface area contributed by atoms with E-state index in [0.29, 0.717) is 11.4 Å². The Labute approximate surface area is 132 Å². The van der Waals surface area contributed by atoms with Crippen LogP contribution in [0.25, 0.3) is 0 Å². The minimum atomic E-state index is -0.175. The number of ether oxygens (including phenoxy) is 1. The molecular formula is C17H24N2O3. The van der Waals surface area contributed by atoms with Crippen LogP contribution >= 0.6 is 0 Å². The highest BCUT2D eigenvalue weighted by molar-refractivity contribution is 5.99. The van der Waals surface area contributed by atoms with Gasteiger partial charge in [-0.1, -0.05) is 26.8 Å². The molecule has 120 valence electrons. The third kappa shape index (κ3) is 6.92. The predicted molar refractivity (Wildman–Crippen MR) is 87.9 cm³/mol. The van der Waals surface area contributed by atoms with Gasteiger partial charge in [-0.25, -0.2) is 0 Å². The van der Waals surface area contributed by atoms with Gasteiger partial charge in [0.2, 0.25) is 5.91 Å². The maximum Gasteiger partial charge on any atom is 0.259 e. The van der Waals surface area contributed by atoms with Crippen molar-refractivity contribution in [3.05, 3.63) is 36.4 Å². The third-order valence-corrected chi connectivity index (χ3v) is 2.72. The Bertz CT molecular complexity index is 540. The summed E-state index contributed by atoms with van der Waals surface area (Å²) in [6.45, 7) is 6.07. The molecule has 0 radical (unpaired) electrons. The molecule has 1 rings (SSSR count). The summed E-state index contributed by atoms with van der Waals surface area (Å²) in [5, 5.41) is 2.77. The molecule has 0 atom stereocenters. The number of benzene rings is 1. The molecule has 0 fully saturated rings. The van der Waals surface area contributed by atoms with Crippen molar-refractivity contribution in [3.8, 4) is 5.75 Å². The molecule has 0 heterocycles. The molecule has 0 saturated heterocycles. The van der Waals surface area contributed by atoms with Crippen molar-refractivity contribution >= 4 is 17.5 Å². The van der Waals surface area contributed by atoms with Crippen molar-refractivity contribution < 1.29 is 14.3 Å². The molecule has 2 amide bonds. The molecule has 22 heavy (non-hydrogen) atoms. The zero-order valence-corrected chi connectivity index (χ0v) is 13.8. The van der Waals surface area contributed by atoms with Crippen LogP contribution in [0.15, 0.2) is 36.4 Å². The number of likely N-dealkylation sites (N-methyl/N-ethyl adjacent to an activating group) is 1. The number of carbonyl (C=O) groups excluding carboxylic acids is 2. The van der Waals surface area contributed by atoms with Gasteiger partial charge in [0.25, 0.3) is 5.91 Å². The van der Waals surface area contributed by atoms with Crippen molar-refractivity contribution in [2.75, 3.05) is 26.0 Å². The van der Waals surface area contributed by atoms with Gasteiger partial charge < -0.3 is 15.0 Å². The summed E-state index contributed by atoms with van der Waals surface area (Å²) in [5.41, 5.74) is 0.642. The third-order valence-electron chi connectivity index (χ3n) is 2.72. The molecule has 0 aliphatic carbocycles. The van der Waals surface area contributed by atoms with Crippen LogP contribution in [0.1, 0.15) is 20.8 Å². The fraction of sp³-hybridized carbons (Fsp3) is 0.412. The van der Waals surface area contributed by atoms with Crippen LogP contribution in [0.2, 0.25) is 0 Å². The summed E-state index contributed by atoms with van der Waals surface area (Å²) >= 11 is 0. The Hall–Kier alpha value is -2.30. The molecule has 1 aromatic carbocycles. The summed E-state index contributed by atoms with van der Waals surface area (Å²) in [5.74, 6) is 0.300. The number of anilines is 1. The Kier molecular flexibility index (Phi) is 6.16. The van der Waals surface area contributed by atoms with E-state index in [9.17, 15) is 9.59 Å². The number of nitrogens with one attached hydrogen (secondary N) is 1. The molecule has 0 aliphatic rings. The predicted octanol–water partition coefficient (Wildman–Crippen LogP) is 2.69. The standard InChI is InChI=1S/C17H24N2O3/c1-17(2,3)11-10-15(20)18-13-6-8-14(9-7-13)22-12-16(21)19(4)5/h6-11H,12H2,1-5H3,(H,18,20)/b11-10+. The van der Waals surface area contributed by atoms with Crippen LogP contribution in [0.5, 0.6) is 5.75 Å². The quantitative estimate of drug-likeness (QED) is 0.851. The normalized spacial score (nSPS) is 11.3. The molecule has 0 saturated carbocycles. The first-order chi connectivity index (χ1) is 10.2. The highest BCUT2D eigenvalue weighted by atomic mass is 16.5. The van der Waals surface area contributed by atoms with E-state index in [-0.39, 0.29) is 23.8 Å². The van der Waals surface area contributed by atoms with E-state index in [1.54, 1.807) is 38.4 Å². The van der Waals surface area contributed by atoms with Crippen LogP contribution in [0.3, 0.4) is 0 Å². The second-order valence-electron chi connectivity index (χ2n) is 6.29. The number of rotatable bonds is 5. The van der Waals surface area contributed by atoms with Crippen LogP contribution < -0.4 is 10.1 Å². The number of nitrogens with zero attached hydrogens (tertiary/aromatic N) is 1. The summed E-state index contributed by atoms with van der Waals surface area (Å²) in [6, 6.07) is 6.90. The minimum Gasteiger partial charge on any atom is -0.484 e. The fourth-order valence-corrected chi connectivity index (χ4v) is 1.42. The Morgan fingerprint density at radius 2 is 1.77 bits per heavy atom. The molecular weight excluding hydrogens is 280 g/mol. The van der Waals surface area contributed by atoms with Gasteiger partial charge in [0.1, 0.15) is 5.75 Å². The minimum absolute atomic E-state index is 0.00692. The van der Waals surface area contributed by atoms with E-state index < -0.39 is 0 Å². The number of allylic oxidation sites excluding steroid dienone is 1. The van der Waals surface area contributed by atoms with Crippen molar-refractivity contribution in [1.29, 1.82) is 0 Å². The maximum absolute atomic E-state index is 11.8. The van der Waals surface area contributed by atoms with E-state index in [1.807, 2.05) is 26.8 Å². The van der Waals surface area contributed by atoms with Crippen LogP contribution in [0.4, 0.5) is 5.69 Å². The van der Waals surface area contributed by atoms with E-state index >= 15 is 0 Å². The van der Waals surface area contributed by atoms with Gasteiger partial charge in [-0.05, 0) is 35.8 Å². The van der Waals surface area contributed by atoms with Gasteiger partial charge in [0.05, 0.1) is 0 Å². The summed E-state index contributed by atoms with van der Waals surface area (Å²) < 4.78 is 5.36. The van der Waals surface area contributed by atoms with Gasteiger partial charge in [-0.2, -0.15) is 0 Å². The smallest absolute Gasteiger partial charge is 0.259 e. The topological polar surface area (TPSA) is 58.6 Å². The lowest BCUT2D eigenvalue weighted by atomic mass is 9.96. The summed E-state index contributed by atoms with van der Waals surface area (Å²) in [7, 11) is 3.35. The maximum atomic E-state index is 11.8. The van der Waals surface area contributed by atoms with Crippen LogP contribution in [-0.4, -0.2) is 37.4 Å². The van der Waals surface area contributed by atoms with Gasteiger partial charge in [0.15, 0.2) is 6.61 Å². The highest BCUT2D eigenvalue weighted by Gasteiger charge is 2.07. The van der Waals surface area contributed by atoms with Crippen molar-refractivity contribution in [2.45, 2.75) is 20.8 Å². The summed E-state index contributed by atoms with van der Waals surface area (Å²) in [6.07, 6.45) is 3.38. The van der Waals surface area contributed by atoms with Gasteiger partial charge in [-0.3, -0.25) is 9.59 Å². The second kappa shape index (κ2) is 7.64. The lowest BCUT2D eigenvalue weighted by Gasteiger charge is -2.12.